The van der Waals surface area contributed by atoms with Gasteiger partial charge in [0.25, 0.3) is 5.91 Å². The number of hydrogen-bond acceptors (Lipinski definition) is 1. The summed E-state index contributed by atoms with van der Waals surface area (Å²) in [5.41, 5.74) is 1.45. The van der Waals surface area contributed by atoms with Crippen molar-refractivity contribution in [3.05, 3.63) is 69.8 Å². The highest BCUT2D eigenvalue weighted by Crippen LogP contribution is 2.22. The van der Waals surface area contributed by atoms with Crippen LogP contribution in [-0.4, -0.2) is 10.9 Å². The van der Waals surface area contributed by atoms with Gasteiger partial charge in [0.1, 0.15) is 17.3 Å². The maximum Gasteiger partial charge on any atom is 0.268 e. The fraction of sp³-hybridized carbons (Fsp3) is 0.118. The van der Waals surface area contributed by atoms with Crippen molar-refractivity contribution < 1.29 is 13.6 Å². The Morgan fingerprint density at radius 2 is 1.96 bits per heavy atom. The van der Waals surface area contributed by atoms with Gasteiger partial charge in [0.05, 0.1) is 6.04 Å². The first kappa shape index (κ1) is 15.7. The molecule has 6 heteroatoms. The Hall–Kier alpha value is -2.21. The van der Waals surface area contributed by atoms with Crippen LogP contribution in [0.25, 0.3) is 10.9 Å². The Morgan fingerprint density at radius 3 is 2.70 bits per heavy atom. The van der Waals surface area contributed by atoms with Gasteiger partial charge in [-0.1, -0.05) is 22.0 Å². The van der Waals surface area contributed by atoms with Crippen LogP contribution in [0.1, 0.15) is 29.0 Å². The lowest BCUT2D eigenvalue weighted by molar-refractivity contribution is 0.0935. The van der Waals surface area contributed by atoms with Gasteiger partial charge in [0.15, 0.2) is 0 Å². The number of rotatable bonds is 3. The van der Waals surface area contributed by atoms with E-state index in [0.717, 1.165) is 21.4 Å². The van der Waals surface area contributed by atoms with Gasteiger partial charge >= 0.3 is 0 Å². The standard InChI is InChI=1S/C17H13BrF2N2O/c1-9(13-4-3-12(19)8-14(13)20)21-17(23)16-7-10-6-11(18)2-5-15(10)22-16/h2-9,22H,1H3,(H,21,23)/t9-/m1/s1. The summed E-state index contributed by atoms with van der Waals surface area (Å²) in [6.45, 7) is 1.65. The zero-order valence-corrected chi connectivity index (χ0v) is 13.7. The summed E-state index contributed by atoms with van der Waals surface area (Å²) in [5.74, 6) is -1.68. The van der Waals surface area contributed by atoms with Crippen molar-refractivity contribution in [2.75, 3.05) is 0 Å². The van der Waals surface area contributed by atoms with Crippen molar-refractivity contribution in [3.8, 4) is 0 Å². The predicted molar refractivity (Wildman–Crippen MR) is 88.2 cm³/mol. The average Bonchev–Trinajstić information content (AvgIpc) is 2.90. The predicted octanol–water partition coefficient (Wildman–Crippen LogP) is 4.70. The van der Waals surface area contributed by atoms with E-state index < -0.39 is 17.7 Å². The molecule has 23 heavy (non-hydrogen) atoms. The first-order valence-electron chi connectivity index (χ1n) is 6.98. The van der Waals surface area contributed by atoms with Crippen molar-refractivity contribution >= 4 is 32.7 Å². The largest absolute Gasteiger partial charge is 0.351 e. The highest BCUT2D eigenvalue weighted by Gasteiger charge is 2.16. The minimum Gasteiger partial charge on any atom is -0.351 e. The quantitative estimate of drug-likeness (QED) is 0.681. The molecule has 0 spiro atoms. The van der Waals surface area contributed by atoms with Crippen LogP contribution in [0.4, 0.5) is 8.78 Å². The minimum atomic E-state index is -0.682. The molecular formula is C17H13BrF2N2O. The lowest BCUT2D eigenvalue weighted by atomic mass is 10.1. The molecule has 118 valence electrons. The number of benzene rings is 2. The number of aromatic nitrogens is 1. The van der Waals surface area contributed by atoms with Gasteiger partial charge < -0.3 is 10.3 Å². The Morgan fingerprint density at radius 1 is 1.17 bits per heavy atom. The molecule has 3 aromatic rings. The van der Waals surface area contributed by atoms with Crippen LogP contribution < -0.4 is 5.32 Å². The van der Waals surface area contributed by atoms with Crippen molar-refractivity contribution in [2.24, 2.45) is 0 Å². The van der Waals surface area contributed by atoms with Crippen LogP contribution in [-0.2, 0) is 0 Å². The molecule has 0 aliphatic heterocycles. The van der Waals surface area contributed by atoms with Gasteiger partial charge in [-0.2, -0.15) is 0 Å². The number of carbonyl (C=O) groups is 1. The first-order chi connectivity index (χ1) is 10.9. The summed E-state index contributed by atoms with van der Waals surface area (Å²) in [6, 6.07) is 10.1. The molecule has 0 saturated carbocycles. The second-order valence-electron chi connectivity index (χ2n) is 5.28. The van der Waals surface area contributed by atoms with E-state index in [2.05, 4.69) is 26.2 Å². The Bertz CT molecular complexity index is 891. The fourth-order valence-electron chi connectivity index (χ4n) is 2.43. The first-order valence-corrected chi connectivity index (χ1v) is 7.77. The molecule has 0 bridgehead atoms. The van der Waals surface area contributed by atoms with Gasteiger partial charge in [0, 0.05) is 27.0 Å². The number of nitrogens with one attached hydrogen (secondary N) is 2. The SMILES string of the molecule is C[C@@H](NC(=O)c1cc2cc(Br)ccc2[nH]1)c1ccc(F)cc1F. The molecular weight excluding hydrogens is 366 g/mol. The van der Waals surface area contributed by atoms with Crippen LogP contribution >= 0.6 is 15.9 Å². The van der Waals surface area contributed by atoms with Gasteiger partial charge in [-0.15, -0.1) is 0 Å². The van der Waals surface area contributed by atoms with E-state index in [9.17, 15) is 13.6 Å². The molecule has 3 rings (SSSR count). The van der Waals surface area contributed by atoms with Gasteiger partial charge in [-0.05, 0) is 37.3 Å². The maximum absolute atomic E-state index is 13.8. The molecule has 1 heterocycles. The van der Waals surface area contributed by atoms with E-state index in [0.29, 0.717) is 5.69 Å². The minimum absolute atomic E-state index is 0.235. The number of hydrogen-bond donors (Lipinski definition) is 2. The highest BCUT2D eigenvalue weighted by molar-refractivity contribution is 9.10. The van der Waals surface area contributed by atoms with Crippen molar-refractivity contribution in [1.82, 2.24) is 10.3 Å². The third-order valence-corrected chi connectivity index (χ3v) is 4.10. The highest BCUT2D eigenvalue weighted by atomic mass is 79.9. The smallest absolute Gasteiger partial charge is 0.268 e. The molecule has 0 saturated heterocycles. The summed E-state index contributed by atoms with van der Waals surface area (Å²) < 4.78 is 27.6. The van der Waals surface area contributed by atoms with E-state index in [4.69, 9.17) is 0 Å². The number of halogens is 3. The molecule has 0 unspecified atom stereocenters. The van der Waals surface area contributed by atoms with Gasteiger partial charge in [-0.3, -0.25) is 4.79 Å². The second-order valence-corrected chi connectivity index (χ2v) is 6.19. The summed E-state index contributed by atoms with van der Waals surface area (Å²) in [7, 11) is 0. The van der Waals surface area contributed by atoms with Crippen LogP contribution in [0.5, 0.6) is 0 Å². The molecule has 1 amide bonds. The summed E-state index contributed by atoms with van der Waals surface area (Å²) >= 11 is 3.38. The van der Waals surface area contributed by atoms with E-state index in [-0.39, 0.29) is 11.5 Å². The van der Waals surface area contributed by atoms with E-state index in [1.165, 1.54) is 12.1 Å². The zero-order valence-electron chi connectivity index (χ0n) is 12.2. The number of amides is 1. The number of carbonyl (C=O) groups excluding carboxylic acids is 1. The monoisotopic (exact) mass is 378 g/mol. The molecule has 3 nitrogen and oxygen atoms in total. The van der Waals surface area contributed by atoms with Crippen LogP contribution in [0.3, 0.4) is 0 Å². The molecule has 2 N–H and O–H groups in total. The Balaban J connectivity index is 1.82. The van der Waals surface area contributed by atoms with Crippen LogP contribution in [0.15, 0.2) is 46.9 Å². The second kappa shape index (κ2) is 6.12. The molecule has 0 fully saturated rings. The lowest BCUT2D eigenvalue weighted by Gasteiger charge is -2.14. The van der Waals surface area contributed by atoms with E-state index in [1.54, 1.807) is 13.0 Å². The van der Waals surface area contributed by atoms with Crippen molar-refractivity contribution in [3.63, 3.8) is 0 Å². The lowest BCUT2D eigenvalue weighted by Crippen LogP contribution is -2.27. The maximum atomic E-state index is 13.8. The van der Waals surface area contributed by atoms with Crippen molar-refractivity contribution in [2.45, 2.75) is 13.0 Å². The molecule has 1 aromatic heterocycles. The average molecular weight is 379 g/mol. The topological polar surface area (TPSA) is 44.9 Å². The van der Waals surface area contributed by atoms with Crippen LogP contribution in [0, 0.1) is 11.6 Å². The summed E-state index contributed by atoms with van der Waals surface area (Å²) in [4.78, 5) is 15.3. The van der Waals surface area contributed by atoms with E-state index >= 15 is 0 Å². The number of H-pyrrole nitrogens is 1. The third-order valence-electron chi connectivity index (χ3n) is 3.60. The Kier molecular flexibility index (Phi) is 4.17. The van der Waals surface area contributed by atoms with Gasteiger partial charge in [-0.25, -0.2) is 8.78 Å². The molecule has 0 radical (unpaired) electrons. The number of aromatic amines is 1. The zero-order chi connectivity index (χ0) is 16.6. The van der Waals surface area contributed by atoms with Crippen molar-refractivity contribution in [1.29, 1.82) is 0 Å². The summed E-state index contributed by atoms with van der Waals surface area (Å²) in [5, 5.41) is 3.60. The Labute approximate surface area is 139 Å². The molecule has 0 aliphatic carbocycles. The van der Waals surface area contributed by atoms with E-state index in [1.807, 2.05) is 18.2 Å². The normalized spacial score (nSPS) is 12.3. The molecule has 1 atom stereocenters. The third kappa shape index (κ3) is 3.27. The fourth-order valence-corrected chi connectivity index (χ4v) is 2.81. The molecule has 0 aliphatic rings. The van der Waals surface area contributed by atoms with Gasteiger partial charge in [0.2, 0.25) is 0 Å². The summed E-state index contributed by atoms with van der Waals surface area (Å²) in [6.07, 6.45) is 0. The molecule has 2 aromatic carbocycles. The number of fused-ring (bicyclic) bond motifs is 1. The van der Waals surface area contributed by atoms with Crippen LogP contribution in [0.2, 0.25) is 0 Å².